The van der Waals surface area contributed by atoms with Crippen LogP contribution in [0.5, 0.6) is 0 Å². The Morgan fingerprint density at radius 3 is 2.59 bits per heavy atom. The smallest absolute Gasteiger partial charge is 0.0540 e. The molecule has 1 aromatic rings. The van der Waals surface area contributed by atoms with Crippen molar-refractivity contribution in [3.8, 4) is 0 Å². The number of rotatable bonds is 7. The third-order valence-corrected chi connectivity index (χ3v) is 6.19. The van der Waals surface area contributed by atoms with Crippen molar-refractivity contribution < 1.29 is 5.11 Å². The average molecular weight is 300 g/mol. The standard InChI is InChI=1S/C21H32O/c1-2-3-4-9-20(22)13-12-16-10-11-19-14-17-7-5-6-8-18(17)15-21(16)19/h5-8,16,19-22H,2-4,9-15H2,1H3. The molecular formula is C21H32O. The Kier molecular flexibility index (Phi) is 5.57. The molecule has 1 heteroatoms. The molecule has 1 nitrogen and oxygen atoms in total. The van der Waals surface area contributed by atoms with Crippen LogP contribution < -0.4 is 0 Å². The van der Waals surface area contributed by atoms with Crippen LogP contribution in [0.1, 0.15) is 69.4 Å². The zero-order valence-electron chi connectivity index (χ0n) is 14.1. The first kappa shape index (κ1) is 16.1. The lowest BCUT2D eigenvalue weighted by Gasteiger charge is -2.31. The summed E-state index contributed by atoms with van der Waals surface area (Å²) in [6.45, 7) is 2.23. The quantitative estimate of drug-likeness (QED) is 0.690. The van der Waals surface area contributed by atoms with Gasteiger partial charge in [0.25, 0.3) is 0 Å². The number of hydrogen-bond donors (Lipinski definition) is 1. The summed E-state index contributed by atoms with van der Waals surface area (Å²) in [4.78, 5) is 0. The minimum atomic E-state index is -0.0542. The Labute approximate surface area is 136 Å². The van der Waals surface area contributed by atoms with E-state index < -0.39 is 0 Å². The van der Waals surface area contributed by atoms with Gasteiger partial charge < -0.3 is 5.11 Å². The minimum absolute atomic E-state index is 0.0542. The van der Waals surface area contributed by atoms with E-state index in [1.165, 1.54) is 51.4 Å². The molecule has 1 N–H and O–H groups in total. The molecule has 0 aromatic heterocycles. The highest BCUT2D eigenvalue weighted by molar-refractivity contribution is 5.31. The lowest BCUT2D eigenvalue weighted by atomic mass is 9.74. The summed E-state index contributed by atoms with van der Waals surface area (Å²) in [5.41, 5.74) is 3.20. The lowest BCUT2D eigenvalue weighted by Crippen LogP contribution is -2.25. The second kappa shape index (κ2) is 7.64. The van der Waals surface area contributed by atoms with Gasteiger partial charge in [-0.1, -0.05) is 50.5 Å². The van der Waals surface area contributed by atoms with Crippen molar-refractivity contribution in [3.05, 3.63) is 35.4 Å². The van der Waals surface area contributed by atoms with E-state index in [4.69, 9.17) is 0 Å². The highest BCUT2D eigenvalue weighted by Gasteiger charge is 2.38. The maximum Gasteiger partial charge on any atom is 0.0540 e. The summed E-state index contributed by atoms with van der Waals surface area (Å²) >= 11 is 0. The minimum Gasteiger partial charge on any atom is -0.393 e. The largest absolute Gasteiger partial charge is 0.393 e. The molecule has 4 unspecified atom stereocenters. The first-order valence-corrected chi connectivity index (χ1v) is 9.52. The molecule has 4 atom stereocenters. The van der Waals surface area contributed by atoms with E-state index in [2.05, 4.69) is 31.2 Å². The highest BCUT2D eigenvalue weighted by Crippen LogP contribution is 2.46. The summed E-state index contributed by atoms with van der Waals surface area (Å²) in [5.74, 6) is 2.66. The van der Waals surface area contributed by atoms with Crippen LogP contribution in [0.3, 0.4) is 0 Å². The lowest BCUT2D eigenvalue weighted by molar-refractivity contribution is 0.135. The molecule has 1 fully saturated rings. The molecule has 22 heavy (non-hydrogen) atoms. The van der Waals surface area contributed by atoms with Crippen LogP contribution >= 0.6 is 0 Å². The van der Waals surface area contributed by atoms with Crippen LogP contribution in [-0.2, 0) is 12.8 Å². The topological polar surface area (TPSA) is 20.2 Å². The molecule has 0 spiro atoms. The van der Waals surface area contributed by atoms with Gasteiger partial charge in [0, 0.05) is 0 Å². The first-order valence-electron chi connectivity index (χ1n) is 9.52. The molecule has 1 saturated carbocycles. The van der Waals surface area contributed by atoms with Gasteiger partial charge in [0.05, 0.1) is 6.10 Å². The van der Waals surface area contributed by atoms with E-state index in [-0.39, 0.29) is 6.10 Å². The summed E-state index contributed by atoms with van der Waals surface area (Å²) in [6.07, 6.45) is 12.3. The average Bonchev–Trinajstić information content (AvgIpc) is 2.93. The summed E-state index contributed by atoms with van der Waals surface area (Å²) in [6, 6.07) is 9.05. The fraction of sp³-hybridized carbons (Fsp3) is 0.714. The van der Waals surface area contributed by atoms with Crippen molar-refractivity contribution in [2.75, 3.05) is 0 Å². The van der Waals surface area contributed by atoms with Crippen LogP contribution in [0.15, 0.2) is 24.3 Å². The second-order valence-electron chi connectivity index (χ2n) is 7.67. The van der Waals surface area contributed by atoms with Crippen LogP contribution in [0, 0.1) is 17.8 Å². The van der Waals surface area contributed by atoms with Crippen molar-refractivity contribution in [2.24, 2.45) is 17.8 Å². The maximum atomic E-state index is 10.2. The third kappa shape index (κ3) is 3.74. The van der Waals surface area contributed by atoms with Crippen molar-refractivity contribution in [1.82, 2.24) is 0 Å². The molecule has 2 aliphatic rings. The third-order valence-electron chi connectivity index (χ3n) is 6.19. The SMILES string of the molecule is CCCCCC(O)CCC1CCC2Cc3ccccc3CC12. The van der Waals surface area contributed by atoms with E-state index in [9.17, 15) is 5.11 Å². The molecule has 1 aromatic carbocycles. The molecular weight excluding hydrogens is 268 g/mol. The summed E-state index contributed by atoms with van der Waals surface area (Å²) in [7, 11) is 0. The van der Waals surface area contributed by atoms with Gasteiger partial charge in [-0.05, 0) is 73.8 Å². The molecule has 0 heterocycles. The van der Waals surface area contributed by atoms with Gasteiger partial charge in [0.2, 0.25) is 0 Å². The monoisotopic (exact) mass is 300 g/mol. The predicted octanol–water partition coefficient (Wildman–Crippen LogP) is 5.15. The molecule has 0 aliphatic heterocycles. The van der Waals surface area contributed by atoms with Crippen molar-refractivity contribution in [1.29, 1.82) is 0 Å². The van der Waals surface area contributed by atoms with Gasteiger partial charge in [0.15, 0.2) is 0 Å². The normalized spacial score (nSPS) is 28.2. The van der Waals surface area contributed by atoms with Crippen molar-refractivity contribution in [3.63, 3.8) is 0 Å². The van der Waals surface area contributed by atoms with Crippen molar-refractivity contribution >= 4 is 0 Å². The Morgan fingerprint density at radius 2 is 1.82 bits per heavy atom. The van der Waals surface area contributed by atoms with Gasteiger partial charge in [-0.25, -0.2) is 0 Å². The van der Waals surface area contributed by atoms with Gasteiger partial charge in [-0.2, -0.15) is 0 Å². The zero-order chi connectivity index (χ0) is 15.4. The van der Waals surface area contributed by atoms with Gasteiger partial charge in [-0.3, -0.25) is 0 Å². The van der Waals surface area contributed by atoms with E-state index in [0.717, 1.165) is 30.6 Å². The molecule has 3 rings (SSSR count). The Bertz CT molecular complexity index is 467. The number of fused-ring (bicyclic) bond motifs is 2. The number of hydrogen-bond acceptors (Lipinski definition) is 1. The van der Waals surface area contributed by atoms with Crippen LogP contribution in [0.4, 0.5) is 0 Å². The molecule has 122 valence electrons. The zero-order valence-corrected chi connectivity index (χ0v) is 14.1. The van der Waals surface area contributed by atoms with Crippen LogP contribution in [0.25, 0.3) is 0 Å². The Balaban J connectivity index is 1.50. The number of aliphatic hydroxyl groups excluding tert-OH is 1. The molecule has 2 aliphatic carbocycles. The molecule has 0 saturated heterocycles. The van der Waals surface area contributed by atoms with Gasteiger partial charge in [-0.15, -0.1) is 0 Å². The maximum absolute atomic E-state index is 10.2. The number of aliphatic hydroxyl groups is 1. The van der Waals surface area contributed by atoms with Gasteiger partial charge >= 0.3 is 0 Å². The summed E-state index contributed by atoms with van der Waals surface area (Å²) < 4.78 is 0. The second-order valence-corrected chi connectivity index (χ2v) is 7.67. The van der Waals surface area contributed by atoms with Crippen LogP contribution in [-0.4, -0.2) is 11.2 Å². The number of unbranched alkanes of at least 4 members (excludes halogenated alkanes) is 2. The Morgan fingerprint density at radius 1 is 1.05 bits per heavy atom. The van der Waals surface area contributed by atoms with Crippen molar-refractivity contribution in [2.45, 2.75) is 77.2 Å². The molecule has 0 amide bonds. The fourth-order valence-electron chi connectivity index (χ4n) is 4.86. The molecule has 0 radical (unpaired) electrons. The van der Waals surface area contributed by atoms with Crippen LogP contribution in [0.2, 0.25) is 0 Å². The first-order chi connectivity index (χ1) is 10.8. The Hall–Kier alpha value is -0.820. The van der Waals surface area contributed by atoms with Gasteiger partial charge in [0.1, 0.15) is 0 Å². The van der Waals surface area contributed by atoms with E-state index in [1.54, 1.807) is 11.1 Å². The molecule has 0 bridgehead atoms. The van der Waals surface area contributed by atoms with E-state index in [0.29, 0.717) is 0 Å². The fourth-order valence-corrected chi connectivity index (χ4v) is 4.86. The predicted molar refractivity (Wildman–Crippen MR) is 92.9 cm³/mol. The van der Waals surface area contributed by atoms with E-state index in [1.807, 2.05) is 0 Å². The highest BCUT2D eigenvalue weighted by atomic mass is 16.3. The number of benzene rings is 1. The summed E-state index contributed by atoms with van der Waals surface area (Å²) in [5, 5.41) is 10.2. The van der Waals surface area contributed by atoms with E-state index >= 15 is 0 Å².